The molecule has 0 saturated heterocycles. The maximum absolute atomic E-state index is 10.8. The van der Waals surface area contributed by atoms with Crippen molar-refractivity contribution in [3.8, 4) is 0 Å². The fraction of sp³-hybridized carbons (Fsp3) is 0.455. The summed E-state index contributed by atoms with van der Waals surface area (Å²) in [5.41, 5.74) is 0.779. The topological polar surface area (TPSA) is 55.2 Å². The van der Waals surface area contributed by atoms with Crippen LogP contribution in [0.2, 0.25) is 5.02 Å². The van der Waals surface area contributed by atoms with Gasteiger partial charge in [-0.3, -0.25) is 10.1 Å². The van der Waals surface area contributed by atoms with Crippen molar-refractivity contribution in [3.63, 3.8) is 0 Å². The highest BCUT2D eigenvalue weighted by molar-refractivity contribution is 6.30. The average molecular weight is 241 g/mol. The third kappa shape index (κ3) is 2.51. The van der Waals surface area contributed by atoms with E-state index in [-0.39, 0.29) is 10.6 Å². The third-order valence-corrected chi connectivity index (χ3v) is 3.14. The van der Waals surface area contributed by atoms with E-state index in [1.165, 1.54) is 6.07 Å². The van der Waals surface area contributed by atoms with Crippen LogP contribution in [0.25, 0.3) is 0 Å². The Labute approximate surface area is 98.8 Å². The van der Waals surface area contributed by atoms with E-state index < -0.39 is 0 Å². The molecule has 0 aliphatic heterocycles. The Morgan fingerprint density at radius 3 is 2.88 bits per heavy atom. The first-order valence-corrected chi connectivity index (χ1v) is 5.62. The van der Waals surface area contributed by atoms with Crippen LogP contribution in [0.4, 0.5) is 5.69 Å². The molecule has 0 amide bonds. The predicted octanol–water partition coefficient (Wildman–Crippen LogP) is 2.75. The van der Waals surface area contributed by atoms with Crippen molar-refractivity contribution in [1.82, 2.24) is 5.32 Å². The zero-order chi connectivity index (χ0) is 11.7. The number of nitro groups is 1. The van der Waals surface area contributed by atoms with Crippen molar-refractivity contribution < 1.29 is 4.92 Å². The van der Waals surface area contributed by atoms with E-state index in [0.717, 1.165) is 6.42 Å². The molecule has 1 aliphatic carbocycles. The van der Waals surface area contributed by atoms with Crippen LogP contribution in [0, 0.1) is 16.0 Å². The summed E-state index contributed by atoms with van der Waals surface area (Å²) in [4.78, 5) is 10.4. The van der Waals surface area contributed by atoms with Crippen molar-refractivity contribution in [2.75, 3.05) is 0 Å². The lowest BCUT2D eigenvalue weighted by molar-refractivity contribution is -0.385. The molecule has 1 N–H and O–H groups in total. The monoisotopic (exact) mass is 240 g/mol. The summed E-state index contributed by atoms with van der Waals surface area (Å²) in [5.74, 6) is 0.679. The highest BCUT2D eigenvalue weighted by atomic mass is 35.5. The normalized spacial score (nSPS) is 23.1. The lowest BCUT2D eigenvalue weighted by Crippen LogP contribution is -2.17. The fourth-order valence-electron chi connectivity index (χ4n) is 1.72. The van der Waals surface area contributed by atoms with Crippen LogP contribution < -0.4 is 5.32 Å². The zero-order valence-electron chi connectivity index (χ0n) is 8.94. The Morgan fingerprint density at radius 2 is 2.31 bits per heavy atom. The van der Waals surface area contributed by atoms with Crippen molar-refractivity contribution in [3.05, 3.63) is 38.9 Å². The zero-order valence-corrected chi connectivity index (χ0v) is 9.70. The summed E-state index contributed by atoms with van der Waals surface area (Å²) in [6, 6.07) is 5.15. The summed E-state index contributed by atoms with van der Waals surface area (Å²) < 4.78 is 0. The molecule has 4 nitrogen and oxygen atoms in total. The third-order valence-electron chi connectivity index (χ3n) is 2.90. The molecule has 2 atom stereocenters. The minimum atomic E-state index is -0.371. The molecule has 2 unspecified atom stereocenters. The Morgan fingerprint density at radius 1 is 1.62 bits per heavy atom. The summed E-state index contributed by atoms with van der Waals surface area (Å²) >= 11 is 5.83. The van der Waals surface area contributed by atoms with Crippen molar-refractivity contribution in [2.24, 2.45) is 5.92 Å². The Balaban J connectivity index is 2.10. The highest BCUT2D eigenvalue weighted by Gasteiger charge is 2.32. The average Bonchev–Trinajstić information content (AvgIpc) is 2.91. The molecule has 0 bridgehead atoms. The maximum Gasteiger partial charge on any atom is 0.273 e. The molecule has 16 heavy (non-hydrogen) atoms. The molecule has 0 heterocycles. The van der Waals surface area contributed by atoms with Gasteiger partial charge in [-0.25, -0.2) is 0 Å². The summed E-state index contributed by atoms with van der Waals surface area (Å²) in [6.07, 6.45) is 1.15. The number of nitrogens with one attached hydrogen (secondary N) is 1. The number of nitro benzene ring substituents is 1. The van der Waals surface area contributed by atoms with E-state index in [9.17, 15) is 10.1 Å². The van der Waals surface area contributed by atoms with Crippen LogP contribution in [-0.4, -0.2) is 11.0 Å². The van der Waals surface area contributed by atoms with Gasteiger partial charge in [-0.15, -0.1) is 0 Å². The van der Waals surface area contributed by atoms with Gasteiger partial charge in [-0.05, 0) is 24.5 Å². The quantitative estimate of drug-likeness (QED) is 0.650. The minimum Gasteiger partial charge on any atom is -0.309 e. The molecule has 1 aromatic rings. The predicted molar refractivity (Wildman–Crippen MR) is 62.5 cm³/mol. The summed E-state index contributed by atoms with van der Waals surface area (Å²) in [7, 11) is 0. The second-order valence-electron chi connectivity index (χ2n) is 4.23. The molecule has 0 radical (unpaired) electrons. The molecule has 5 heteroatoms. The lowest BCUT2D eigenvalue weighted by atomic mass is 10.2. The minimum absolute atomic E-state index is 0.130. The van der Waals surface area contributed by atoms with Gasteiger partial charge in [0.25, 0.3) is 5.69 Å². The number of benzene rings is 1. The molecule has 86 valence electrons. The van der Waals surface area contributed by atoms with Gasteiger partial charge in [-0.1, -0.05) is 18.5 Å². The standard InChI is InChI=1S/C11H13ClN2O2/c1-7-4-10(7)13-6-8-5-9(12)2-3-11(8)14(15)16/h2-3,5,7,10,13H,4,6H2,1H3. The first-order chi connectivity index (χ1) is 7.58. The number of hydrogen-bond acceptors (Lipinski definition) is 3. The largest absolute Gasteiger partial charge is 0.309 e. The van der Waals surface area contributed by atoms with Crippen LogP contribution in [0.3, 0.4) is 0 Å². The number of rotatable bonds is 4. The first kappa shape index (κ1) is 11.4. The van der Waals surface area contributed by atoms with Crippen LogP contribution in [-0.2, 0) is 6.54 Å². The Bertz CT molecular complexity index is 422. The van der Waals surface area contributed by atoms with Gasteiger partial charge in [0.15, 0.2) is 0 Å². The van der Waals surface area contributed by atoms with Gasteiger partial charge in [0.2, 0.25) is 0 Å². The smallest absolute Gasteiger partial charge is 0.273 e. The molecule has 2 rings (SSSR count). The molecule has 0 aromatic heterocycles. The first-order valence-electron chi connectivity index (χ1n) is 5.24. The molecular formula is C11H13ClN2O2. The van der Waals surface area contributed by atoms with Gasteiger partial charge in [-0.2, -0.15) is 0 Å². The molecule has 1 aliphatic rings. The summed E-state index contributed by atoms with van der Waals surface area (Å²) in [5, 5.41) is 14.6. The van der Waals surface area contributed by atoms with Crippen molar-refractivity contribution >= 4 is 17.3 Å². The second-order valence-corrected chi connectivity index (χ2v) is 4.67. The van der Waals surface area contributed by atoms with Crippen molar-refractivity contribution in [1.29, 1.82) is 0 Å². The Hall–Kier alpha value is -1.13. The molecule has 1 saturated carbocycles. The lowest BCUT2D eigenvalue weighted by Gasteiger charge is -2.05. The molecule has 1 aromatic carbocycles. The van der Waals surface area contributed by atoms with E-state index in [4.69, 9.17) is 11.6 Å². The van der Waals surface area contributed by atoms with E-state index in [2.05, 4.69) is 12.2 Å². The Kier molecular flexibility index (Phi) is 3.12. The second kappa shape index (κ2) is 4.39. The van der Waals surface area contributed by atoms with Gasteiger partial charge in [0, 0.05) is 29.2 Å². The molecule has 1 fully saturated rings. The van der Waals surface area contributed by atoms with E-state index >= 15 is 0 Å². The van der Waals surface area contributed by atoms with Gasteiger partial charge in [0.1, 0.15) is 0 Å². The van der Waals surface area contributed by atoms with Crippen LogP contribution in [0.1, 0.15) is 18.9 Å². The number of hydrogen-bond donors (Lipinski definition) is 1. The van der Waals surface area contributed by atoms with E-state index in [1.54, 1.807) is 12.1 Å². The van der Waals surface area contributed by atoms with Crippen LogP contribution in [0.15, 0.2) is 18.2 Å². The van der Waals surface area contributed by atoms with Crippen molar-refractivity contribution in [2.45, 2.75) is 25.9 Å². The van der Waals surface area contributed by atoms with Gasteiger partial charge >= 0.3 is 0 Å². The molecular weight excluding hydrogens is 228 g/mol. The number of halogens is 1. The SMILES string of the molecule is CC1CC1NCc1cc(Cl)ccc1[N+](=O)[O-]. The highest BCUT2D eigenvalue weighted by Crippen LogP contribution is 2.30. The maximum atomic E-state index is 10.8. The van der Waals surface area contributed by atoms with E-state index in [1.807, 2.05) is 0 Å². The number of nitrogens with zero attached hydrogens (tertiary/aromatic N) is 1. The van der Waals surface area contributed by atoms with Crippen LogP contribution in [0.5, 0.6) is 0 Å². The molecule has 0 spiro atoms. The summed E-state index contributed by atoms with van der Waals surface area (Å²) in [6.45, 7) is 2.66. The van der Waals surface area contributed by atoms with E-state index in [0.29, 0.717) is 29.1 Å². The van der Waals surface area contributed by atoms with Gasteiger partial charge < -0.3 is 5.32 Å². The fourth-order valence-corrected chi connectivity index (χ4v) is 1.92. The van der Waals surface area contributed by atoms with Crippen LogP contribution >= 0.6 is 11.6 Å². The van der Waals surface area contributed by atoms with Gasteiger partial charge in [0.05, 0.1) is 4.92 Å².